The maximum absolute atomic E-state index is 14.4. The Kier molecular flexibility index (Phi) is 4.54. The van der Waals surface area contributed by atoms with E-state index in [9.17, 15) is 18.4 Å². The van der Waals surface area contributed by atoms with Gasteiger partial charge in [0.25, 0.3) is 5.91 Å². The summed E-state index contributed by atoms with van der Waals surface area (Å²) in [5.74, 6) is -1.66. The van der Waals surface area contributed by atoms with Gasteiger partial charge in [-0.3, -0.25) is 9.59 Å². The van der Waals surface area contributed by atoms with Crippen LogP contribution in [-0.4, -0.2) is 58.0 Å². The fourth-order valence-corrected chi connectivity index (χ4v) is 3.61. The number of hydrogen-bond acceptors (Lipinski definition) is 5. The van der Waals surface area contributed by atoms with Gasteiger partial charge in [-0.05, 0) is 31.0 Å². The minimum Gasteiger partial charge on any atom is -0.336 e. The number of anilines is 1. The lowest BCUT2D eigenvalue weighted by atomic mass is 9.88. The number of halogens is 2. The van der Waals surface area contributed by atoms with Crippen molar-refractivity contribution in [3.8, 4) is 0 Å². The van der Waals surface area contributed by atoms with Crippen molar-refractivity contribution in [2.75, 3.05) is 24.5 Å². The third-order valence-corrected chi connectivity index (χ3v) is 5.07. The van der Waals surface area contributed by atoms with Crippen molar-refractivity contribution in [3.63, 3.8) is 0 Å². The molecule has 7 nitrogen and oxygen atoms in total. The number of aromatic nitrogens is 2. The largest absolute Gasteiger partial charge is 0.437 e. The smallest absolute Gasteiger partial charge is 0.336 e. The summed E-state index contributed by atoms with van der Waals surface area (Å²) in [6.45, 7) is 0.434. The molecule has 3 heterocycles. The molecule has 0 radical (unpaired) electrons. The molecule has 146 valence electrons. The highest BCUT2D eigenvalue weighted by Crippen LogP contribution is 2.40. The van der Waals surface area contributed by atoms with Crippen LogP contribution in [0.4, 0.5) is 14.5 Å². The summed E-state index contributed by atoms with van der Waals surface area (Å²) in [6, 6.07) is 9.94. The van der Waals surface area contributed by atoms with Crippen molar-refractivity contribution in [1.82, 2.24) is 14.9 Å². The standard InChI is InChI=1S/C19H18F2N4O3/c20-19(21)17(27)25(14-5-2-1-3-6-14)13-18(28-19)7-11-24(12-8-18)16(26)15-22-9-4-10-23-15/h1-6,9-10H,7-8,11-13H2. The number of carbonyl (C=O) groups is 2. The molecule has 2 amide bonds. The van der Waals surface area contributed by atoms with Crippen LogP contribution in [0.5, 0.6) is 0 Å². The van der Waals surface area contributed by atoms with Gasteiger partial charge in [0.05, 0.1) is 12.1 Å². The van der Waals surface area contributed by atoms with E-state index in [0.29, 0.717) is 5.69 Å². The van der Waals surface area contributed by atoms with Crippen molar-refractivity contribution in [3.05, 3.63) is 54.6 Å². The number of nitrogens with zero attached hydrogens (tertiary/aromatic N) is 4. The van der Waals surface area contributed by atoms with Gasteiger partial charge >= 0.3 is 12.0 Å². The van der Waals surface area contributed by atoms with Gasteiger partial charge in [0.15, 0.2) is 0 Å². The Morgan fingerprint density at radius 3 is 2.32 bits per heavy atom. The van der Waals surface area contributed by atoms with Gasteiger partial charge in [0.1, 0.15) is 0 Å². The monoisotopic (exact) mass is 388 g/mol. The predicted octanol–water partition coefficient (Wildman–Crippen LogP) is 2.11. The molecule has 28 heavy (non-hydrogen) atoms. The number of morpholine rings is 1. The van der Waals surface area contributed by atoms with Crippen molar-refractivity contribution < 1.29 is 23.1 Å². The third-order valence-electron chi connectivity index (χ3n) is 5.07. The van der Waals surface area contributed by atoms with Crippen LogP contribution in [0.15, 0.2) is 48.8 Å². The second kappa shape index (κ2) is 6.90. The molecule has 4 rings (SSSR count). The van der Waals surface area contributed by atoms with Gasteiger partial charge in [-0.15, -0.1) is 0 Å². The van der Waals surface area contributed by atoms with E-state index >= 15 is 0 Å². The van der Waals surface area contributed by atoms with Gasteiger partial charge in [-0.25, -0.2) is 9.97 Å². The van der Waals surface area contributed by atoms with Crippen molar-refractivity contribution >= 4 is 17.5 Å². The summed E-state index contributed by atoms with van der Waals surface area (Å²) < 4.78 is 33.7. The van der Waals surface area contributed by atoms with E-state index < -0.39 is 17.6 Å². The molecule has 1 aromatic carbocycles. The molecule has 2 aliphatic rings. The van der Waals surface area contributed by atoms with Crippen LogP contribution in [0, 0.1) is 0 Å². The Morgan fingerprint density at radius 1 is 1.04 bits per heavy atom. The second-order valence-electron chi connectivity index (χ2n) is 6.89. The van der Waals surface area contributed by atoms with Crippen molar-refractivity contribution in [1.29, 1.82) is 0 Å². The first-order chi connectivity index (χ1) is 13.4. The molecule has 9 heteroatoms. The first-order valence-electron chi connectivity index (χ1n) is 8.92. The molecular weight excluding hydrogens is 370 g/mol. The highest BCUT2D eigenvalue weighted by Gasteiger charge is 2.57. The van der Waals surface area contributed by atoms with E-state index in [0.717, 1.165) is 4.90 Å². The van der Waals surface area contributed by atoms with Gasteiger partial charge in [0.2, 0.25) is 5.82 Å². The second-order valence-corrected chi connectivity index (χ2v) is 6.89. The zero-order valence-electron chi connectivity index (χ0n) is 14.9. The van der Waals surface area contributed by atoms with Crippen LogP contribution in [0.3, 0.4) is 0 Å². The Labute approximate surface area is 159 Å². The van der Waals surface area contributed by atoms with Crippen LogP contribution >= 0.6 is 0 Å². The molecule has 1 spiro atoms. The van der Waals surface area contributed by atoms with E-state index in [2.05, 4.69) is 9.97 Å². The van der Waals surface area contributed by atoms with E-state index in [4.69, 9.17) is 4.74 Å². The van der Waals surface area contributed by atoms with Crippen LogP contribution in [0.25, 0.3) is 0 Å². The summed E-state index contributed by atoms with van der Waals surface area (Å²) in [4.78, 5) is 35.1. The molecule has 0 saturated carbocycles. The van der Waals surface area contributed by atoms with Crippen molar-refractivity contribution in [2.45, 2.75) is 24.6 Å². The molecule has 2 fully saturated rings. The summed E-state index contributed by atoms with van der Waals surface area (Å²) in [5, 5.41) is 0. The van der Waals surface area contributed by atoms with E-state index in [1.54, 1.807) is 36.4 Å². The topological polar surface area (TPSA) is 75.6 Å². The molecular formula is C19H18F2N4O3. The SMILES string of the molecule is O=C(c1ncccn1)N1CCC2(CC1)CN(c1ccccc1)C(=O)C(F)(F)O2. The molecule has 2 saturated heterocycles. The highest BCUT2D eigenvalue weighted by atomic mass is 19.3. The zero-order valence-corrected chi connectivity index (χ0v) is 14.9. The summed E-state index contributed by atoms with van der Waals surface area (Å²) >= 11 is 0. The van der Waals surface area contributed by atoms with Crippen LogP contribution in [-0.2, 0) is 9.53 Å². The Hall–Kier alpha value is -2.94. The maximum Gasteiger partial charge on any atom is 0.437 e. The zero-order chi connectivity index (χ0) is 19.8. The number of amides is 2. The number of rotatable bonds is 2. The quantitative estimate of drug-likeness (QED) is 0.788. The lowest BCUT2D eigenvalue weighted by molar-refractivity contribution is -0.292. The average Bonchev–Trinajstić information content (AvgIpc) is 2.72. The lowest BCUT2D eigenvalue weighted by Gasteiger charge is -2.48. The Balaban J connectivity index is 1.52. The number of hydrogen-bond donors (Lipinski definition) is 0. The molecule has 1 aromatic heterocycles. The third kappa shape index (κ3) is 3.33. The Bertz CT molecular complexity index is 871. The normalized spacial score (nSPS) is 21.0. The van der Waals surface area contributed by atoms with Crippen LogP contribution in [0.1, 0.15) is 23.5 Å². The number of benzene rings is 1. The lowest BCUT2D eigenvalue weighted by Crippen LogP contribution is -2.65. The number of para-hydroxylation sites is 1. The fraction of sp³-hybridized carbons (Fsp3) is 0.368. The summed E-state index contributed by atoms with van der Waals surface area (Å²) in [7, 11) is 0. The average molecular weight is 388 g/mol. The molecule has 0 atom stereocenters. The minimum atomic E-state index is -3.91. The number of ether oxygens (including phenoxy) is 1. The Morgan fingerprint density at radius 2 is 1.68 bits per heavy atom. The van der Waals surface area contributed by atoms with Gasteiger partial charge < -0.3 is 14.5 Å². The summed E-state index contributed by atoms with van der Waals surface area (Å²) in [6.07, 6.45) is -0.613. The minimum absolute atomic E-state index is 0.00923. The van der Waals surface area contributed by atoms with E-state index in [-0.39, 0.29) is 44.2 Å². The maximum atomic E-state index is 14.4. The molecule has 0 N–H and O–H groups in total. The van der Waals surface area contributed by atoms with Crippen molar-refractivity contribution in [2.24, 2.45) is 0 Å². The highest BCUT2D eigenvalue weighted by molar-refractivity contribution is 5.98. The molecule has 2 aromatic rings. The first-order valence-corrected chi connectivity index (χ1v) is 8.92. The number of likely N-dealkylation sites (tertiary alicyclic amines) is 1. The molecule has 0 bridgehead atoms. The number of piperidine rings is 1. The van der Waals surface area contributed by atoms with E-state index in [1.807, 2.05) is 0 Å². The molecule has 0 aliphatic carbocycles. The first kappa shape index (κ1) is 18.4. The van der Waals surface area contributed by atoms with Gasteiger partial charge in [0, 0.05) is 31.2 Å². The number of alkyl halides is 2. The van der Waals surface area contributed by atoms with Crippen LogP contribution < -0.4 is 4.90 Å². The number of carbonyl (C=O) groups excluding carboxylic acids is 2. The van der Waals surface area contributed by atoms with E-state index in [1.165, 1.54) is 17.3 Å². The van der Waals surface area contributed by atoms with Gasteiger partial charge in [-0.2, -0.15) is 8.78 Å². The molecule has 0 unspecified atom stereocenters. The fourth-order valence-electron chi connectivity index (χ4n) is 3.61. The summed E-state index contributed by atoms with van der Waals surface area (Å²) in [5.41, 5.74) is -0.826. The molecule has 2 aliphatic heterocycles. The predicted molar refractivity (Wildman–Crippen MR) is 94.7 cm³/mol. The van der Waals surface area contributed by atoms with Crippen LogP contribution in [0.2, 0.25) is 0 Å². The van der Waals surface area contributed by atoms with Gasteiger partial charge in [-0.1, -0.05) is 18.2 Å².